The van der Waals surface area contributed by atoms with Crippen molar-refractivity contribution in [3.05, 3.63) is 65.3 Å². The zero-order valence-electron chi connectivity index (χ0n) is 13.6. The molecule has 0 saturated carbocycles. The number of anilines is 1. The predicted octanol–water partition coefficient (Wildman–Crippen LogP) is 4.31. The van der Waals surface area contributed by atoms with Crippen molar-refractivity contribution in [2.75, 3.05) is 12.4 Å². The fourth-order valence-corrected chi connectivity index (χ4v) is 3.54. The summed E-state index contributed by atoms with van der Waals surface area (Å²) in [6, 6.07) is 13.5. The highest BCUT2D eigenvalue weighted by Gasteiger charge is 2.48. The molecule has 0 aliphatic heterocycles. The van der Waals surface area contributed by atoms with Gasteiger partial charge in [-0.25, -0.2) is 4.79 Å². The highest BCUT2D eigenvalue weighted by Crippen LogP contribution is 2.39. The Labute approximate surface area is 149 Å². The maximum Gasteiger partial charge on any atom is 0.335 e. The van der Waals surface area contributed by atoms with Crippen molar-refractivity contribution in [2.45, 2.75) is 12.5 Å². The number of hydrogen-bond donors (Lipinski definition) is 2. The van der Waals surface area contributed by atoms with Gasteiger partial charge in [0.25, 0.3) is 0 Å². The van der Waals surface area contributed by atoms with Crippen molar-refractivity contribution in [1.82, 2.24) is 4.57 Å². The summed E-state index contributed by atoms with van der Waals surface area (Å²) in [5.41, 5.74) is 6.02. The van der Waals surface area contributed by atoms with Gasteiger partial charge in [0.1, 0.15) is 0 Å². The molecule has 130 valence electrons. The van der Waals surface area contributed by atoms with Crippen LogP contribution in [0, 0.1) is 5.92 Å². The first-order valence-corrected chi connectivity index (χ1v) is 8.22. The van der Waals surface area contributed by atoms with Crippen LogP contribution >= 0.6 is 11.6 Å². The smallest absolute Gasteiger partial charge is 0.335 e. The number of aromatic nitrogens is 1. The van der Waals surface area contributed by atoms with Crippen LogP contribution in [0.3, 0.4) is 0 Å². The zero-order valence-corrected chi connectivity index (χ0v) is 14.4. The first-order valence-electron chi connectivity index (χ1n) is 7.84. The molecule has 25 heavy (non-hydrogen) atoms. The van der Waals surface area contributed by atoms with Crippen LogP contribution in [0.5, 0.6) is 0 Å². The Balaban J connectivity index is 2.39. The normalized spacial score (nSPS) is 15.0. The topological polar surface area (TPSA) is 68.2 Å². The van der Waals surface area contributed by atoms with Gasteiger partial charge in [-0.05, 0) is 35.9 Å². The highest BCUT2D eigenvalue weighted by atomic mass is 35.5. The molecule has 0 spiro atoms. The number of fused-ring (bicyclic) bond motifs is 1. The second kappa shape index (κ2) is 6.41. The van der Waals surface area contributed by atoms with E-state index in [-0.39, 0.29) is 0 Å². The van der Waals surface area contributed by atoms with Crippen molar-refractivity contribution in [2.24, 2.45) is 5.92 Å². The maximum atomic E-state index is 13.8. The number of carboxylic acid groups (broad SMARTS) is 1. The summed E-state index contributed by atoms with van der Waals surface area (Å²) in [5, 5.41) is 11.4. The van der Waals surface area contributed by atoms with Gasteiger partial charge in [0.15, 0.2) is 5.54 Å². The first-order chi connectivity index (χ1) is 11.9. The molecule has 1 aromatic heterocycles. The second-order valence-corrected chi connectivity index (χ2v) is 6.54. The average Bonchev–Trinajstić information content (AvgIpc) is 3.02. The van der Waals surface area contributed by atoms with E-state index in [1.165, 1.54) is 0 Å². The molecule has 3 aromatic rings. The van der Waals surface area contributed by atoms with Gasteiger partial charge in [-0.15, -0.1) is 0 Å². The van der Waals surface area contributed by atoms with Crippen LogP contribution in [-0.2, 0) is 10.3 Å². The fraction of sp³-hybridized carbons (Fsp3) is 0.211. The number of nitrogen functional groups attached to an aromatic ring is 1. The summed E-state index contributed by atoms with van der Waals surface area (Å²) in [6.07, 6.45) is 1.65. The van der Waals surface area contributed by atoms with Crippen LogP contribution in [-0.4, -0.2) is 22.3 Å². The van der Waals surface area contributed by atoms with E-state index < -0.39 is 24.1 Å². The van der Waals surface area contributed by atoms with Gasteiger partial charge in [-0.1, -0.05) is 36.7 Å². The van der Waals surface area contributed by atoms with Crippen LogP contribution in [0.25, 0.3) is 10.9 Å². The molecule has 2 unspecified atom stereocenters. The number of alkyl halides is 1. The fourth-order valence-electron chi connectivity index (χ4n) is 3.41. The molecular weight excluding hydrogens is 343 g/mol. The Kier molecular flexibility index (Phi) is 4.43. The lowest BCUT2D eigenvalue weighted by molar-refractivity contribution is -0.148. The molecule has 3 rings (SSSR count). The minimum absolute atomic E-state index is 0.453. The number of rotatable bonds is 5. The molecule has 0 aliphatic carbocycles. The number of carbonyl (C=O) groups is 1. The Morgan fingerprint density at radius 1 is 1.28 bits per heavy atom. The minimum Gasteiger partial charge on any atom is -0.479 e. The molecule has 1 heterocycles. The quantitative estimate of drug-likeness (QED) is 0.666. The molecule has 0 radical (unpaired) electrons. The third kappa shape index (κ3) is 2.55. The molecule has 3 N–H and O–H groups in total. The van der Waals surface area contributed by atoms with Gasteiger partial charge in [0.2, 0.25) is 0 Å². The Hall–Kier alpha value is -2.53. The summed E-state index contributed by atoms with van der Waals surface area (Å²) in [7, 11) is 0. The lowest BCUT2D eigenvalue weighted by Gasteiger charge is -2.37. The van der Waals surface area contributed by atoms with Gasteiger partial charge in [0.05, 0.1) is 12.2 Å². The zero-order chi connectivity index (χ0) is 18.2. The minimum atomic E-state index is -1.62. The van der Waals surface area contributed by atoms with E-state index in [1.54, 1.807) is 66.2 Å². The molecule has 4 nitrogen and oxygen atoms in total. The van der Waals surface area contributed by atoms with Gasteiger partial charge < -0.3 is 15.4 Å². The number of halogens is 2. The third-order valence-corrected chi connectivity index (χ3v) is 4.95. The summed E-state index contributed by atoms with van der Waals surface area (Å²) in [5.74, 6) is -1.96. The van der Waals surface area contributed by atoms with E-state index in [2.05, 4.69) is 0 Å². The molecule has 6 heteroatoms. The molecular formula is C19H18ClFN2O2. The third-order valence-electron chi connectivity index (χ3n) is 4.70. The highest BCUT2D eigenvalue weighted by molar-refractivity contribution is 6.30. The Bertz CT molecular complexity index is 923. The molecule has 0 fully saturated rings. The molecule has 2 atom stereocenters. The van der Waals surface area contributed by atoms with Crippen molar-refractivity contribution >= 4 is 34.2 Å². The van der Waals surface area contributed by atoms with E-state index in [1.807, 2.05) is 0 Å². The summed E-state index contributed by atoms with van der Waals surface area (Å²) in [6.45, 7) is 0.789. The number of hydrogen-bond acceptors (Lipinski definition) is 2. The SMILES string of the molecule is CC(CF)C(C(=O)O)(c1ccc(Cl)cc1)n1ccc2c(N)cccc21. The maximum absolute atomic E-state index is 13.8. The predicted molar refractivity (Wildman–Crippen MR) is 97.7 cm³/mol. The number of nitrogens with zero attached hydrogens (tertiary/aromatic N) is 1. The second-order valence-electron chi connectivity index (χ2n) is 6.10. The van der Waals surface area contributed by atoms with Crippen molar-refractivity contribution < 1.29 is 14.3 Å². The number of carboxylic acids is 1. The monoisotopic (exact) mass is 360 g/mol. The summed E-state index contributed by atoms with van der Waals surface area (Å²) in [4.78, 5) is 12.5. The van der Waals surface area contributed by atoms with Crippen LogP contribution < -0.4 is 5.73 Å². The van der Waals surface area contributed by atoms with E-state index in [9.17, 15) is 14.3 Å². The van der Waals surface area contributed by atoms with Gasteiger partial charge in [-0.3, -0.25) is 4.39 Å². The van der Waals surface area contributed by atoms with Crippen LogP contribution in [0.15, 0.2) is 54.7 Å². The van der Waals surface area contributed by atoms with Crippen molar-refractivity contribution in [3.8, 4) is 0 Å². The Morgan fingerprint density at radius 3 is 2.56 bits per heavy atom. The summed E-state index contributed by atoms with van der Waals surface area (Å²) < 4.78 is 15.3. The number of aliphatic carboxylic acids is 1. The average molecular weight is 361 g/mol. The van der Waals surface area contributed by atoms with Crippen LogP contribution in [0.2, 0.25) is 5.02 Å². The van der Waals surface area contributed by atoms with Crippen molar-refractivity contribution in [3.63, 3.8) is 0 Å². The number of nitrogens with two attached hydrogens (primary N) is 1. The lowest BCUT2D eigenvalue weighted by Crippen LogP contribution is -2.49. The molecule has 2 aromatic carbocycles. The standard InChI is InChI=1S/C19H18ClFN2O2/c1-12(11-21)19(18(24)25,13-5-7-14(20)8-6-13)23-10-9-15-16(22)3-2-4-17(15)23/h2-10,12H,11,22H2,1H3,(H,24,25). The molecule has 0 amide bonds. The molecule has 0 aliphatic rings. The number of benzene rings is 2. The van der Waals surface area contributed by atoms with E-state index in [4.69, 9.17) is 17.3 Å². The van der Waals surface area contributed by atoms with Gasteiger partial charge in [0, 0.05) is 28.2 Å². The van der Waals surface area contributed by atoms with Crippen LogP contribution in [0.4, 0.5) is 10.1 Å². The Morgan fingerprint density at radius 2 is 1.96 bits per heavy atom. The largest absolute Gasteiger partial charge is 0.479 e. The van der Waals surface area contributed by atoms with E-state index in [0.29, 0.717) is 21.8 Å². The lowest BCUT2D eigenvalue weighted by atomic mass is 9.79. The van der Waals surface area contributed by atoms with Gasteiger partial charge in [-0.2, -0.15) is 0 Å². The molecule has 0 saturated heterocycles. The van der Waals surface area contributed by atoms with E-state index >= 15 is 0 Å². The van der Waals surface area contributed by atoms with Crippen molar-refractivity contribution in [1.29, 1.82) is 0 Å². The van der Waals surface area contributed by atoms with Crippen LogP contribution in [0.1, 0.15) is 12.5 Å². The van der Waals surface area contributed by atoms with E-state index in [0.717, 1.165) is 5.39 Å². The molecule has 0 bridgehead atoms. The van der Waals surface area contributed by atoms with Gasteiger partial charge >= 0.3 is 5.97 Å². The summed E-state index contributed by atoms with van der Waals surface area (Å²) >= 11 is 5.95. The first kappa shape index (κ1) is 17.3.